The largest absolute Gasteiger partial charge is 0.493 e. The molecule has 280 valence electrons. The molecule has 15 heteroatoms. The van der Waals surface area contributed by atoms with Crippen LogP contribution in [0.3, 0.4) is 0 Å². The quantitative estimate of drug-likeness (QED) is 0.342. The van der Waals surface area contributed by atoms with Gasteiger partial charge in [0, 0.05) is 63.0 Å². The van der Waals surface area contributed by atoms with Gasteiger partial charge in [-0.25, -0.2) is 13.9 Å². The van der Waals surface area contributed by atoms with Crippen molar-refractivity contribution in [1.29, 1.82) is 0 Å². The summed E-state index contributed by atoms with van der Waals surface area (Å²) in [5.74, 6) is -3.41. The molecule has 52 heavy (non-hydrogen) atoms. The van der Waals surface area contributed by atoms with E-state index in [1.165, 1.54) is 15.3 Å². The Morgan fingerprint density at radius 2 is 1.73 bits per heavy atom. The molecule has 3 fully saturated rings. The molecule has 13 nitrogen and oxygen atoms in total. The average molecular weight is 740 g/mol. The van der Waals surface area contributed by atoms with Crippen LogP contribution in [-0.4, -0.2) is 108 Å². The SMILES string of the molecule is COC[C@H]1CN(c2cc(C)c3c4c(c(=O)oc3c2C)CN(C(=O)c2ccc(C(=O)NS(=O)(=O)N3CCC5(CC3)CC5)c(OC)c2F)CC4)CCN1C. The zero-order valence-corrected chi connectivity index (χ0v) is 31.2. The number of halogens is 1. The summed E-state index contributed by atoms with van der Waals surface area (Å²) in [6, 6.07) is 4.67. The number of anilines is 1. The summed E-state index contributed by atoms with van der Waals surface area (Å²) in [6.07, 6.45) is 4.02. The summed E-state index contributed by atoms with van der Waals surface area (Å²) in [6.45, 7) is 7.75. The van der Waals surface area contributed by atoms with Crippen LogP contribution in [0, 0.1) is 25.1 Å². The van der Waals surface area contributed by atoms with Gasteiger partial charge in [0.05, 0.1) is 43.0 Å². The third kappa shape index (κ3) is 6.45. The van der Waals surface area contributed by atoms with Gasteiger partial charge in [-0.05, 0) is 87.7 Å². The van der Waals surface area contributed by atoms with Crippen molar-refractivity contribution < 1.29 is 36.3 Å². The average Bonchev–Trinajstić information content (AvgIpc) is 3.88. The van der Waals surface area contributed by atoms with Crippen molar-refractivity contribution in [2.45, 2.75) is 58.5 Å². The number of likely N-dealkylation sites (N-methyl/N-ethyl adjacent to an activating group) is 1. The predicted molar refractivity (Wildman–Crippen MR) is 193 cm³/mol. The molecule has 1 N–H and O–H groups in total. The number of ether oxygens (including phenoxy) is 2. The Morgan fingerprint density at radius 3 is 2.40 bits per heavy atom. The van der Waals surface area contributed by atoms with Crippen LogP contribution in [0.4, 0.5) is 10.1 Å². The summed E-state index contributed by atoms with van der Waals surface area (Å²) in [4.78, 5) is 46.4. The molecular weight excluding hydrogens is 693 g/mol. The van der Waals surface area contributed by atoms with E-state index in [2.05, 4.69) is 22.9 Å². The van der Waals surface area contributed by atoms with Gasteiger partial charge in [0.25, 0.3) is 11.8 Å². The Labute approximate surface area is 302 Å². The number of amides is 2. The maximum absolute atomic E-state index is 15.9. The van der Waals surface area contributed by atoms with E-state index in [0.29, 0.717) is 37.3 Å². The molecule has 1 aliphatic carbocycles. The highest BCUT2D eigenvalue weighted by molar-refractivity contribution is 7.87. The van der Waals surface area contributed by atoms with Crippen LogP contribution in [0.5, 0.6) is 5.75 Å². The number of rotatable bonds is 8. The van der Waals surface area contributed by atoms with E-state index in [4.69, 9.17) is 13.9 Å². The Morgan fingerprint density at radius 1 is 1.02 bits per heavy atom. The molecule has 1 aromatic heterocycles. The number of benzene rings is 2. The monoisotopic (exact) mass is 739 g/mol. The van der Waals surface area contributed by atoms with Gasteiger partial charge in [-0.1, -0.05) is 0 Å². The molecule has 1 atom stereocenters. The van der Waals surface area contributed by atoms with E-state index in [1.54, 1.807) is 7.11 Å². The molecule has 0 bridgehead atoms. The van der Waals surface area contributed by atoms with Gasteiger partial charge in [-0.2, -0.15) is 12.7 Å². The standard InChI is InChI=1S/C37H46FN5O8S/c1-22-18-29(41-17-16-40(3)24(19-41)21-49-4)23(2)32-30(22)25-8-13-42(20-28(25)36(46)51-32)35(45)26-6-7-27(33(50-5)31(26)38)34(44)39-52(47,48)43-14-11-37(9-10-37)12-15-43/h6-7,18,24H,8-17,19-21H2,1-5H3,(H,39,44)/t24-/m1/s1. The van der Waals surface area contributed by atoms with Crippen LogP contribution in [0.15, 0.2) is 27.4 Å². The molecular formula is C37H46FN5O8S. The second kappa shape index (κ2) is 13.7. The third-order valence-electron chi connectivity index (χ3n) is 11.6. The van der Waals surface area contributed by atoms with E-state index >= 15 is 4.39 Å². The van der Waals surface area contributed by atoms with Gasteiger partial charge in [-0.15, -0.1) is 0 Å². The number of piperazine rings is 1. The van der Waals surface area contributed by atoms with Crippen LogP contribution < -0.4 is 20.0 Å². The van der Waals surface area contributed by atoms with Crippen molar-refractivity contribution in [1.82, 2.24) is 18.8 Å². The first-order chi connectivity index (χ1) is 24.8. The number of fused-ring (bicyclic) bond motifs is 3. The number of piperidine rings is 1. The molecule has 3 aromatic rings. The van der Waals surface area contributed by atoms with Gasteiger partial charge >= 0.3 is 15.8 Å². The fourth-order valence-electron chi connectivity index (χ4n) is 8.18. The van der Waals surface area contributed by atoms with Gasteiger partial charge in [0.2, 0.25) is 0 Å². The molecule has 2 saturated heterocycles. The van der Waals surface area contributed by atoms with Crippen LogP contribution in [0.1, 0.15) is 68.7 Å². The lowest BCUT2D eigenvalue weighted by Gasteiger charge is -2.41. The number of aryl methyl sites for hydroxylation is 2. The first-order valence-corrected chi connectivity index (χ1v) is 19.2. The minimum Gasteiger partial charge on any atom is -0.493 e. The molecule has 1 spiro atoms. The van der Waals surface area contributed by atoms with Crippen LogP contribution in [0.2, 0.25) is 0 Å². The van der Waals surface area contributed by atoms with Crippen molar-refractivity contribution in [2.24, 2.45) is 5.41 Å². The Kier molecular flexibility index (Phi) is 9.59. The highest BCUT2D eigenvalue weighted by atomic mass is 32.2. The third-order valence-corrected chi connectivity index (χ3v) is 13.1. The van der Waals surface area contributed by atoms with E-state index in [9.17, 15) is 22.8 Å². The predicted octanol–water partition coefficient (Wildman–Crippen LogP) is 3.37. The lowest BCUT2D eigenvalue weighted by atomic mass is 9.92. The van der Waals surface area contributed by atoms with Crippen molar-refractivity contribution in [2.75, 3.05) is 72.0 Å². The summed E-state index contributed by atoms with van der Waals surface area (Å²) >= 11 is 0. The zero-order valence-electron chi connectivity index (χ0n) is 30.3. The molecule has 7 rings (SSSR count). The number of methoxy groups -OCH3 is 2. The number of hydrogen-bond donors (Lipinski definition) is 1. The summed E-state index contributed by atoms with van der Waals surface area (Å²) in [5, 5.41) is 0.847. The molecule has 1 saturated carbocycles. The smallest absolute Gasteiger partial charge is 0.341 e. The maximum atomic E-state index is 15.9. The normalized spacial score (nSPS) is 20.6. The highest BCUT2D eigenvalue weighted by Crippen LogP contribution is 2.53. The first-order valence-electron chi connectivity index (χ1n) is 17.8. The summed E-state index contributed by atoms with van der Waals surface area (Å²) in [7, 11) is 0.759. The lowest BCUT2D eigenvalue weighted by molar-refractivity contribution is 0.0726. The van der Waals surface area contributed by atoms with Gasteiger partial charge in [-0.3, -0.25) is 14.5 Å². The molecule has 4 heterocycles. The van der Waals surface area contributed by atoms with Crippen molar-refractivity contribution in [3.63, 3.8) is 0 Å². The second-order valence-electron chi connectivity index (χ2n) is 14.7. The highest BCUT2D eigenvalue weighted by Gasteiger charge is 2.46. The van der Waals surface area contributed by atoms with Crippen molar-refractivity contribution in [3.8, 4) is 5.75 Å². The van der Waals surface area contributed by atoms with E-state index in [0.717, 1.165) is 86.3 Å². The molecule has 4 aliphatic rings. The van der Waals surface area contributed by atoms with Crippen LogP contribution in [0.25, 0.3) is 11.0 Å². The summed E-state index contributed by atoms with van der Waals surface area (Å²) in [5.41, 5.74) is 3.46. The minimum atomic E-state index is -4.17. The number of carbonyl (C=O) groups is 2. The Bertz CT molecular complexity index is 2110. The number of nitrogens with one attached hydrogen (secondary N) is 1. The van der Waals surface area contributed by atoms with Crippen molar-refractivity contribution >= 4 is 38.7 Å². The van der Waals surface area contributed by atoms with Gasteiger partial charge in [0.1, 0.15) is 5.58 Å². The fourth-order valence-corrected chi connectivity index (χ4v) is 9.31. The Balaban J connectivity index is 1.11. The fraction of sp³-hybridized carbons (Fsp3) is 0.541. The van der Waals surface area contributed by atoms with Crippen molar-refractivity contribution in [3.05, 3.63) is 67.8 Å². The van der Waals surface area contributed by atoms with E-state index < -0.39 is 39.2 Å². The molecule has 2 amide bonds. The minimum absolute atomic E-state index is 0.0941. The zero-order chi connectivity index (χ0) is 37.1. The maximum Gasteiger partial charge on any atom is 0.341 e. The molecule has 3 aliphatic heterocycles. The van der Waals surface area contributed by atoms with Crippen LogP contribution in [-0.2, 0) is 27.9 Å². The number of carbonyl (C=O) groups excluding carboxylic acids is 2. The van der Waals surface area contributed by atoms with Crippen LogP contribution >= 0.6 is 0 Å². The molecule has 0 unspecified atom stereocenters. The van der Waals surface area contributed by atoms with E-state index in [-0.39, 0.29) is 35.7 Å². The Hall–Kier alpha value is -4.05. The topological polar surface area (TPSA) is 142 Å². The lowest BCUT2D eigenvalue weighted by Crippen LogP contribution is -2.53. The summed E-state index contributed by atoms with van der Waals surface area (Å²) < 4.78 is 61.9. The van der Waals surface area contributed by atoms with Gasteiger partial charge < -0.3 is 23.7 Å². The van der Waals surface area contributed by atoms with E-state index in [1.807, 2.05) is 18.6 Å². The number of nitrogens with zero attached hydrogens (tertiary/aromatic N) is 4. The van der Waals surface area contributed by atoms with Gasteiger partial charge in [0.15, 0.2) is 11.6 Å². The second-order valence-corrected chi connectivity index (χ2v) is 16.4. The molecule has 0 radical (unpaired) electrons. The molecule has 2 aromatic carbocycles. The first kappa shape index (κ1) is 36.3. The number of hydrogen-bond acceptors (Lipinski definition) is 10.